The first kappa shape index (κ1) is 16.1. The van der Waals surface area contributed by atoms with Gasteiger partial charge in [-0.2, -0.15) is 0 Å². The number of rotatable bonds is 6. The summed E-state index contributed by atoms with van der Waals surface area (Å²) in [5.74, 6) is -3.35. The summed E-state index contributed by atoms with van der Waals surface area (Å²) in [7, 11) is 0. The lowest BCUT2D eigenvalue weighted by Crippen LogP contribution is -2.38. The van der Waals surface area contributed by atoms with Crippen LogP contribution in [0.1, 0.15) is 30.6 Å². The van der Waals surface area contributed by atoms with E-state index in [0.29, 0.717) is 6.42 Å². The molecule has 20 heavy (non-hydrogen) atoms. The standard InChI is InChI=1S/C14H17F2NO3/c1-3-8-17(9-12(18)20-4-2)14(19)13-10(15)6-5-7-11(13)16/h5-7H,3-4,8-9H2,1-2H3. The summed E-state index contributed by atoms with van der Waals surface area (Å²) in [5, 5.41) is 0. The van der Waals surface area contributed by atoms with Crippen LogP contribution < -0.4 is 0 Å². The van der Waals surface area contributed by atoms with Crippen LogP contribution in [0, 0.1) is 11.6 Å². The van der Waals surface area contributed by atoms with Crippen molar-refractivity contribution in [2.24, 2.45) is 0 Å². The summed E-state index contributed by atoms with van der Waals surface area (Å²) in [4.78, 5) is 24.7. The summed E-state index contributed by atoms with van der Waals surface area (Å²) < 4.78 is 31.9. The van der Waals surface area contributed by atoms with Gasteiger partial charge in [0.05, 0.1) is 6.61 Å². The van der Waals surface area contributed by atoms with Crippen molar-refractivity contribution < 1.29 is 23.1 Å². The van der Waals surface area contributed by atoms with Crippen LogP contribution in [0.3, 0.4) is 0 Å². The van der Waals surface area contributed by atoms with Gasteiger partial charge in [-0.05, 0) is 25.5 Å². The van der Waals surface area contributed by atoms with E-state index in [-0.39, 0.29) is 19.7 Å². The highest BCUT2D eigenvalue weighted by molar-refractivity contribution is 5.96. The minimum atomic E-state index is -0.944. The molecule has 0 bridgehead atoms. The van der Waals surface area contributed by atoms with Crippen molar-refractivity contribution >= 4 is 11.9 Å². The van der Waals surface area contributed by atoms with E-state index in [0.717, 1.165) is 17.0 Å². The maximum Gasteiger partial charge on any atom is 0.325 e. The first-order valence-corrected chi connectivity index (χ1v) is 6.40. The molecule has 1 amide bonds. The number of nitrogens with zero attached hydrogens (tertiary/aromatic N) is 1. The Morgan fingerprint density at radius 3 is 2.30 bits per heavy atom. The lowest BCUT2D eigenvalue weighted by molar-refractivity contribution is -0.143. The molecule has 110 valence electrons. The molecule has 0 aromatic heterocycles. The third kappa shape index (κ3) is 4.01. The third-order valence-corrected chi connectivity index (χ3v) is 2.58. The van der Waals surface area contributed by atoms with Crippen LogP contribution in [0.5, 0.6) is 0 Å². The zero-order valence-electron chi connectivity index (χ0n) is 11.5. The molecule has 4 nitrogen and oxygen atoms in total. The van der Waals surface area contributed by atoms with Crippen molar-refractivity contribution in [1.29, 1.82) is 0 Å². The molecule has 1 aromatic rings. The molecule has 0 aliphatic rings. The fraction of sp³-hybridized carbons (Fsp3) is 0.429. The minimum Gasteiger partial charge on any atom is -0.465 e. The van der Waals surface area contributed by atoms with Gasteiger partial charge in [-0.25, -0.2) is 8.78 Å². The second-order valence-corrected chi connectivity index (χ2v) is 4.13. The Kier molecular flexibility index (Phi) is 6.09. The van der Waals surface area contributed by atoms with Crippen LogP contribution in [0.2, 0.25) is 0 Å². The average Bonchev–Trinajstić information content (AvgIpc) is 2.38. The summed E-state index contributed by atoms with van der Waals surface area (Å²) in [6.45, 7) is 3.50. The highest BCUT2D eigenvalue weighted by atomic mass is 19.1. The number of carbonyl (C=O) groups is 2. The van der Waals surface area contributed by atoms with Gasteiger partial charge < -0.3 is 9.64 Å². The van der Waals surface area contributed by atoms with Crippen molar-refractivity contribution in [2.75, 3.05) is 19.7 Å². The zero-order chi connectivity index (χ0) is 15.1. The van der Waals surface area contributed by atoms with Crippen molar-refractivity contribution in [3.8, 4) is 0 Å². The van der Waals surface area contributed by atoms with Crippen LogP contribution in [-0.2, 0) is 9.53 Å². The highest BCUT2D eigenvalue weighted by Crippen LogP contribution is 2.15. The normalized spacial score (nSPS) is 10.2. The number of hydrogen-bond acceptors (Lipinski definition) is 3. The molecule has 0 saturated heterocycles. The van der Waals surface area contributed by atoms with E-state index in [1.54, 1.807) is 13.8 Å². The molecule has 1 aromatic carbocycles. The van der Waals surface area contributed by atoms with Crippen molar-refractivity contribution in [3.63, 3.8) is 0 Å². The first-order chi connectivity index (χ1) is 9.51. The smallest absolute Gasteiger partial charge is 0.325 e. The highest BCUT2D eigenvalue weighted by Gasteiger charge is 2.24. The van der Waals surface area contributed by atoms with Gasteiger partial charge in [-0.15, -0.1) is 0 Å². The van der Waals surface area contributed by atoms with Gasteiger partial charge in [0.1, 0.15) is 23.7 Å². The molecule has 0 fully saturated rings. The number of halogens is 2. The van der Waals surface area contributed by atoms with Crippen molar-refractivity contribution in [2.45, 2.75) is 20.3 Å². The third-order valence-electron chi connectivity index (χ3n) is 2.58. The van der Waals surface area contributed by atoms with Gasteiger partial charge in [0.15, 0.2) is 0 Å². The predicted molar refractivity (Wildman–Crippen MR) is 69.2 cm³/mol. The molecule has 0 radical (unpaired) electrons. The Hall–Kier alpha value is -1.98. The molecule has 0 N–H and O–H groups in total. The largest absolute Gasteiger partial charge is 0.465 e. The average molecular weight is 285 g/mol. The van der Waals surface area contributed by atoms with Gasteiger partial charge in [-0.3, -0.25) is 9.59 Å². The van der Waals surface area contributed by atoms with Crippen LogP contribution in [0.25, 0.3) is 0 Å². The number of esters is 1. The fourth-order valence-corrected chi connectivity index (χ4v) is 1.75. The summed E-state index contributed by atoms with van der Waals surface area (Å²) in [6, 6.07) is 3.19. The van der Waals surface area contributed by atoms with E-state index >= 15 is 0 Å². The van der Waals surface area contributed by atoms with Crippen LogP contribution in [0.15, 0.2) is 18.2 Å². The quantitative estimate of drug-likeness (QED) is 0.754. The predicted octanol–water partition coefficient (Wildman–Crippen LogP) is 2.38. The number of hydrogen-bond donors (Lipinski definition) is 0. The first-order valence-electron chi connectivity index (χ1n) is 6.40. The molecule has 0 heterocycles. The monoisotopic (exact) mass is 285 g/mol. The lowest BCUT2D eigenvalue weighted by Gasteiger charge is -2.21. The van der Waals surface area contributed by atoms with Crippen molar-refractivity contribution in [3.05, 3.63) is 35.4 Å². The Bertz CT molecular complexity index is 471. The van der Waals surface area contributed by atoms with Gasteiger partial charge in [-0.1, -0.05) is 13.0 Å². The maximum absolute atomic E-state index is 13.6. The Balaban J connectivity index is 2.96. The number of benzene rings is 1. The molecule has 0 spiro atoms. The molecular weight excluding hydrogens is 268 g/mol. The molecule has 0 atom stereocenters. The number of carbonyl (C=O) groups excluding carboxylic acids is 2. The SMILES string of the molecule is CCCN(CC(=O)OCC)C(=O)c1c(F)cccc1F. The molecule has 1 rings (SSSR count). The second kappa shape index (κ2) is 7.57. The van der Waals surface area contributed by atoms with E-state index in [1.165, 1.54) is 6.07 Å². The molecular formula is C14H17F2NO3. The van der Waals surface area contributed by atoms with Gasteiger partial charge >= 0.3 is 5.97 Å². The summed E-state index contributed by atoms with van der Waals surface area (Å²) >= 11 is 0. The molecule has 0 aliphatic carbocycles. The van der Waals surface area contributed by atoms with Crippen LogP contribution in [0.4, 0.5) is 8.78 Å². The fourth-order valence-electron chi connectivity index (χ4n) is 1.75. The Morgan fingerprint density at radius 1 is 1.20 bits per heavy atom. The minimum absolute atomic E-state index is 0.182. The van der Waals surface area contributed by atoms with E-state index in [4.69, 9.17) is 4.74 Å². The number of amides is 1. The van der Waals surface area contributed by atoms with E-state index in [2.05, 4.69) is 0 Å². The van der Waals surface area contributed by atoms with Gasteiger partial charge in [0, 0.05) is 6.54 Å². The Labute approximate surface area is 116 Å². The topological polar surface area (TPSA) is 46.6 Å². The summed E-state index contributed by atoms with van der Waals surface area (Å²) in [5.41, 5.74) is -0.648. The zero-order valence-corrected chi connectivity index (χ0v) is 11.5. The van der Waals surface area contributed by atoms with Crippen LogP contribution in [-0.4, -0.2) is 36.5 Å². The van der Waals surface area contributed by atoms with E-state index in [1.807, 2.05) is 0 Å². The van der Waals surface area contributed by atoms with E-state index in [9.17, 15) is 18.4 Å². The molecule has 0 saturated carbocycles. The molecule has 6 heteroatoms. The van der Waals surface area contributed by atoms with Gasteiger partial charge in [0.25, 0.3) is 5.91 Å². The summed E-state index contributed by atoms with van der Waals surface area (Å²) in [6.07, 6.45) is 0.557. The maximum atomic E-state index is 13.6. The lowest BCUT2D eigenvalue weighted by atomic mass is 10.1. The second-order valence-electron chi connectivity index (χ2n) is 4.13. The Morgan fingerprint density at radius 2 is 1.80 bits per heavy atom. The number of ether oxygens (including phenoxy) is 1. The molecule has 0 aliphatic heterocycles. The van der Waals surface area contributed by atoms with E-state index < -0.39 is 29.1 Å². The van der Waals surface area contributed by atoms with Gasteiger partial charge in [0.2, 0.25) is 0 Å². The van der Waals surface area contributed by atoms with Crippen molar-refractivity contribution in [1.82, 2.24) is 4.90 Å². The molecule has 0 unspecified atom stereocenters. The van der Waals surface area contributed by atoms with Crippen LogP contribution >= 0.6 is 0 Å².